The van der Waals surface area contributed by atoms with Gasteiger partial charge in [0.1, 0.15) is 5.82 Å². The Labute approximate surface area is 271 Å². The molecule has 0 spiro atoms. The number of imidazole rings is 1. The Hall–Kier alpha value is -5.91. The molecule has 0 unspecified atom stereocenters. The summed E-state index contributed by atoms with van der Waals surface area (Å²) in [6.45, 7) is 0. The quantitative estimate of drug-likeness (QED) is 0.188. The van der Waals surface area contributed by atoms with Gasteiger partial charge in [-0.25, -0.2) is 19.9 Å². The highest BCUT2D eigenvalue weighted by atomic mass is 35.5. The standard InChI is InChI=1S/C40H26ClN5/c41-31-23-24-33(34(26-31)39-44-37(27-13-4-1-5-14-27)43-38(45-39)28-15-6-2-7-16-28)29-17-12-18-30(25-29)40-42-35-21-10-11-22-36(35)46(40)32-19-8-3-9-20-32/h1-26H. The zero-order valence-electron chi connectivity index (χ0n) is 24.6. The molecule has 0 aliphatic rings. The van der Waals surface area contributed by atoms with Crippen molar-refractivity contribution in [2.45, 2.75) is 0 Å². The average molecular weight is 612 g/mol. The molecule has 0 radical (unpaired) electrons. The zero-order chi connectivity index (χ0) is 30.9. The minimum atomic E-state index is 0.548. The summed E-state index contributed by atoms with van der Waals surface area (Å²) in [5, 5.41) is 0.601. The molecule has 0 aliphatic heterocycles. The first-order chi connectivity index (χ1) is 22.7. The lowest BCUT2D eigenvalue weighted by atomic mass is 9.97. The third-order valence-electron chi connectivity index (χ3n) is 7.93. The minimum Gasteiger partial charge on any atom is -0.292 e. The molecule has 0 aliphatic carbocycles. The SMILES string of the molecule is Clc1ccc(-c2cccc(-c3nc4ccccc4n3-c3ccccc3)c2)c(-c2nc(-c3ccccc3)nc(-c3ccccc3)n2)c1. The Morgan fingerprint density at radius 1 is 0.413 bits per heavy atom. The fourth-order valence-electron chi connectivity index (χ4n) is 5.77. The largest absolute Gasteiger partial charge is 0.292 e. The maximum atomic E-state index is 6.64. The maximum absolute atomic E-state index is 6.64. The number of aromatic nitrogens is 5. The van der Waals surface area contributed by atoms with Crippen LogP contribution in [0.2, 0.25) is 5.02 Å². The highest BCUT2D eigenvalue weighted by Crippen LogP contribution is 2.37. The molecule has 0 saturated carbocycles. The van der Waals surface area contributed by atoms with E-state index in [4.69, 9.17) is 31.5 Å². The van der Waals surface area contributed by atoms with E-state index in [1.165, 1.54) is 0 Å². The second-order valence-corrected chi connectivity index (χ2v) is 11.3. The van der Waals surface area contributed by atoms with Crippen molar-refractivity contribution in [1.29, 1.82) is 0 Å². The molecule has 46 heavy (non-hydrogen) atoms. The molecule has 6 aromatic carbocycles. The van der Waals surface area contributed by atoms with Crippen LogP contribution in [0.3, 0.4) is 0 Å². The summed E-state index contributed by atoms with van der Waals surface area (Å²) >= 11 is 6.64. The first-order valence-electron chi connectivity index (χ1n) is 15.0. The molecule has 5 nitrogen and oxygen atoms in total. The van der Waals surface area contributed by atoms with Gasteiger partial charge in [0.2, 0.25) is 0 Å². The van der Waals surface area contributed by atoms with E-state index in [1.54, 1.807) is 0 Å². The van der Waals surface area contributed by atoms with Crippen LogP contribution in [0.5, 0.6) is 0 Å². The Morgan fingerprint density at radius 2 is 0.978 bits per heavy atom. The van der Waals surface area contributed by atoms with E-state index in [9.17, 15) is 0 Å². The van der Waals surface area contributed by atoms with Gasteiger partial charge in [-0.05, 0) is 53.6 Å². The normalized spacial score (nSPS) is 11.2. The highest BCUT2D eigenvalue weighted by molar-refractivity contribution is 6.31. The molecule has 0 atom stereocenters. The van der Waals surface area contributed by atoms with E-state index in [1.807, 2.05) is 109 Å². The van der Waals surface area contributed by atoms with Crippen LogP contribution >= 0.6 is 11.6 Å². The maximum Gasteiger partial charge on any atom is 0.164 e. The molecular weight excluding hydrogens is 586 g/mol. The molecule has 0 saturated heterocycles. The molecule has 0 amide bonds. The van der Waals surface area contributed by atoms with Crippen molar-refractivity contribution in [2.24, 2.45) is 0 Å². The second-order valence-electron chi connectivity index (χ2n) is 10.9. The molecule has 8 aromatic rings. The van der Waals surface area contributed by atoms with Crippen molar-refractivity contribution in [2.75, 3.05) is 0 Å². The predicted molar refractivity (Wildman–Crippen MR) is 187 cm³/mol. The van der Waals surface area contributed by atoms with Gasteiger partial charge >= 0.3 is 0 Å². The third kappa shape index (κ3) is 5.23. The lowest BCUT2D eigenvalue weighted by Crippen LogP contribution is -2.01. The van der Waals surface area contributed by atoms with Crippen LogP contribution in [-0.2, 0) is 0 Å². The van der Waals surface area contributed by atoms with Gasteiger partial charge in [0.05, 0.1) is 11.0 Å². The average Bonchev–Trinajstić information content (AvgIpc) is 3.52. The summed E-state index contributed by atoms with van der Waals surface area (Å²) in [4.78, 5) is 19.9. The lowest BCUT2D eigenvalue weighted by Gasteiger charge is -2.14. The van der Waals surface area contributed by atoms with Crippen LogP contribution in [0.15, 0.2) is 158 Å². The van der Waals surface area contributed by atoms with Crippen LogP contribution in [0, 0.1) is 0 Å². The number of benzene rings is 6. The summed E-state index contributed by atoms with van der Waals surface area (Å²) in [5.41, 5.74) is 8.62. The number of halogens is 1. The molecule has 2 heterocycles. The smallest absolute Gasteiger partial charge is 0.164 e. The first kappa shape index (κ1) is 27.6. The van der Waals surface area contributed by atoms with Crippen molar-refractivity contribution >= 4 is 22.6 Å². The van der Waals surface area contributed by atoms with E-state index in [2.05, 4.69) is 53.1 Å². The van der Waals surface area contributed by atoms with Crippen molar-refractivity contribution < 1.29 is 0 Å². The van der Waals surface area contributed by atoms with E-state index < -0.39 is 0 Å². The minimum absolute atomic E-state index is 0.548. The van der Waals surface area contributed by atoms with Crippen LogP contribution in [0.25, 0.3) is 73.4 Å². The first-order valence-corrected chi connectivity index (χ1v) is 15.4. The van der Waals surface area contributed by atoms with Gasteiger partial charge < -0.3 is 0 Å². The number of para-hydroxylation sites is 3. The van der Waals surface area contributed by atoms with Gasteiger partial charge in [-0.1, -0.05) is 127 Å². The number of hydrogen-bond acceptors (Lipinski definition) is 4. The third-order valence-corrected chi connectivity index (χ3v) is 8.16. The summed E-state index contributed by atoms with van der Waals surface area (Å²) < 4.78 is 2.21. The Morgan fingerprint density at radius 3 is 1.67 bits per heavy atom. The topological polar surface area (TPSA) is 56.5 Å². The lowest BCUT2D eigenvalue weighted by molar-refractivity contribution is 1.07. The molecule has 8 rings (SSSR count). The summed E-state index contributed by atoms with van der Waals surface area (Å²) in [5.74, 6) is 2.61. The molecule has 0 bridgehead atoms. The molecule has 0 N–H and O–H groups in total. The van der Waals surface area contributed by atoms with Gasteiger partial charge in [0, 0.05) is 33.0 Å². The fraction of sp³-hybridized carbons (Fsp3) is 0. The highest BCUT2D eigenvalue weighted by Gasteiger charge is 2.18. The summed E-state index contributed by atoms with van der Waals surface area (Å²) in [7, 11) is 0. The van der Waals surface area contributed by atoms with E-state index in [0.29, 0.717) is 22.5 Å². The van der Waals surface area contributed by atoms with Crippen LogP contribution in [0.1, 0.15) is 0 Å². The molecule has 218 valence electrons. The van der Waals surface area contributed by atoms with Gasteiger partial charge in [0.15, 0.2) is 17.5 Å². The second kappa shape index (κ2) is 11.9. The molecule has 6 heteroatoms. The Bertz CT molecular complexity index is 2260. The zero-order valence-corrected chi connectivity index (χ0v) is 25.4. The summed E-state index contributed by atoms with van der Waals surface area (Å²) in [6.07, 6.45) is 0. The Kier molecular flexibility index (Phi) is 7.14. The van der Waals surface area contributed by atoms with E-state index >= 15 is 0 Å². The number of fused-ring (bicyclic) bond motifs is 1. The van der Waals surface area contributed by atoms with Crippen molar-refractivity contribution in [3.05, 3.63) is 163 Å². The van der Waals surface area contributed by atoms with Crippen molar-refractivity contribution in [3.63, 3.8) is 0 Å². The number of rotatable bonds is 6. The van der Waals surface area contributed by atoms with E-state index in [-0.39, 0.29) is 0 Å². The van der Waals surface area contributed by atoms with Crippen LogP contribution < -0.4 is 0 Å². The fourth-order valence-corrected chi connectivity index (χ4v) is 5.94. The monoisotopic (exact) mass is 611 g/mol. The summed E-state index contributed by atoms with van der Waals surface area (Å²) in [6, 6.07) is 52.8. The molecule has 2 aromatic heterocycles. The molecular formula is C40H26ClN5. The van der Waals surface area contributed by atoms with Gasteiger partial charge in [0.25, 0.3) is 0 Å². The van der Waals surface area contributed by atoms with Gasteiger partial charge in [-0.3, -0.25) is 4.57 Å². The number of nitrogens with zero attached hydrogens (tertiary/aromatic N) is 5. The van der Waals surface area contributed by atoms with Gasteiger partial charge in [-0.2, -0.15) is 0 Å². The van der Waals surface area contributed by atoms with E-state index in [0.717, 1.165) is 55.9 Å². The van der Waals surface area contributed by atoms with Crippen molar-refractivity contribution in [3.8, 4) is 62.4 Å². The number of hydrogen-bond donors (Lipinski definition) is 0. The predicted octanol–water partition coefficient (Wildman–Crippen LogP) is 10.2. The Balaban J connectivity index is 1.31. The van der Waals surface area contributed by atoms with Crippen molar-refractivity contribution in [1.82, 2.24) is 24.5 Å². The molecule has 0 fully saturated rings. The van der Waals surface area contributed by atoms with Gasteiger partial charge in [-0.15, -0.1) is 0 Å². The van der Waals surface area contributed by atoms with Crippen LogP contribution in [0.4, 0.5) is 0 Å². The van der Waals surface area contributed by atoms with Crippen LogP contribution in [-0.4, -0.2) is 24.5 Å².